The number of halogens is 2. The molecule has 1 aromatic carbocycles. The van der Waals surface area contributed by atoms with Gasteiger partial charge in [0, 0.05) is 23.2 Å². The minimum Gasteiger partial charge on any atom is -0.437 e. The highest BCUT2D eigenvalue weighted by Crippen LogP contribution is 2.24. The lowest BCUT2D eigenvalue weighted by Gasteiger charge is -2.06. The van der Waals surface area contributed by atoms with Gasteiger partial charge >= 0.3 is 0 Å². The molecule has 20 heavy (non-hydrogen) atoms. The zero-order chi connectivity index (χ0) is 14.4. The van der Waals surface area contributed by atoms with Crippen LogP contribution in [0.3, 0.4) is 0 Å². The van der Waals surface area contributed by atoms with E-state index in [9.17, 15) is 4.39 Å². The molecule has 0 aliphatic rings. The first-order valence-corrected chi connectivity index (χ1v) is 7.14. The molecule has 0 saturated heterocycles. The summed E-state index contributed by atoms with van der Waals surface area (Å²) in [6, 6.07) is 7.87. The van der Waals surface area contributed by atoms with E-state index in [1.54, 1.807) is 12.1 Å². The van der Waals surface area contributed by atoms with Gasteiger partial charge in [-0.25, -0.2) is 4.39 Å². The largest absolute Gasteiger partial charge is 0.437 e. The van der Waals surface area contributed by atoms with Gasteiger partial charge < -0.3 is 10.1 Å². The maximum absolute atomic E-state index is 13.2. The van der Waals surface area contributed by atoms with Crippen LogP contribution >= 0.6 is 15.9 Å². The van der Waals surface area contributed by atoms with Gasteiger partial charge in [-0.2, -0.15) is 5.10 Å². The third-order valence-electron chi connectivity index (χ3n) is 2.49. The van der Waals surface area contributed by atoms with Crippen LogP contribution in [0.25, 0.3) is 0 Å². The van der Waals surface area contributed by atoms with Gasteiger partial charge in [0.25, 0.3) is 0 Å². The Morgan fingerprint density at radius 2 is 2.10 bits per heavy atom. The molecule has 0 atom stereocenters. The summed E-state index contributed by atoms with van der Waals surface area (Å²) in [6.07, 6.45) is 1.07. The van der Waals surface area contributed by atoms with Crippen LogP contribution in [-0.4, -0.2) is 16.7 Å². The Hall–Kier alpha value is -1.53. The molecule has 1 aromatic heterocycles. The van der Waals surface area contributed by atoms with Gasteiger partial charge in [-0.1, -0.05) is 22.9 Å². The molecule has 0 aliphatic carbocycles. The number of rotatable bonds is 6. The first-order valence-electron chi connectivity index (χ1n) is 6.34. The van der Waals surface area contributed by atoms with Crippen LogP contribution in [-0.2, 0) is 6.54 Å². The van der Waals surface area contributed by atoms with E-state index in [1.165, 1.54) is 12.1 Å². The molecule has 0 bridgehead atoms. The molecule has 0 aliphatic heterocycles. The van der Waals surface area contributed by atoms with Crippen molar-refractivity contribution in [1.82, 2.24) is 15.5 Å². The Bertz CT molecular complexity index is 543. The van der Waals surface area contributed by atoms with Crippen molar-refractivity contribution in [3.8, 4) is 11.6 Å². The summed E-state index contributed by atoms with van der Waals surface area (Å²) in [5.41, 5.74) is 0.839. The summed E-state index contributed by atoms with van der Waals surface area (Å²) in [7, 11) is 0. The zero-order valence-corrected chi connectivity index (χ0v) is 12.7. The van der Waals surface area contributed by atoms with E-state index in [-0.39, 0.29) is 5.82 Å². The van der Waals surface area contributed by atoms with Gasteiger partial charge in [0.1, 0.15) is 11.6 Å². The van der Waals surface area contributed by atoms with E-state index in [2.05, 4.69) is 38.4 Å². The molecular formula is C14H15BrFN3O. The highest BCUT2D eigenvalue weighted by Gasteiger charge is 2.04. The Labute approximate surface area is 125 Å². The first kappa shape index (κ1) is 14.9. The number of nitrogens with one attached hydrogen (secondary N) is 1. The minimum absolute atomic E-state index is 0.335. The number of aromatic nitrogens is 2. The quantitative estimate of drug-likeness (QED) is 0.815. The second-order valence-electron chi connectivity index (χ2n) is 4.25. The molecule has 106 valence electrons. The number of hydrogen-bond acceptors (Lipinski definition) is 4. The van der Waals surface area contributed by atoms with Gasteiger partial charge in [0.15, 0.2) is 0 Å². The fourth-order valence-electron chi connectivity index (χ4n) is 1.60. The van der Waals surface area contributed by atoms with E-state index < -0.39 is 0 Å². The molecule has 6 heteroatoms. The van der Waals surface area contributed by atoms with Crippen LogP contribution < -0.4 is 10.1 Å². The predicted octanol–water partition coefficient (Wildman–Crippen LogP) is 3.67. The van der Waals surface area contributed by atoms with Crippen LogP contribution in [0.2, 0.25) is 0 Å². The summed E-state index contributed by atoms with van der Waals surface area (Å²) < 4.78 is 19.3. The van der Waals surface area contributed by atoms with Crippen molar-refractivity contribution in [2.24, 2.45) is 0 Å². The third kappa shape index (κ3) is 4.54. The Balaban J connectivity index is 1.99. The van der Waals surface area contributed by atoms with E-state index in [1.807, 2.05) is 6.07 Å². The maximum Gasteiger partial charge on any atom is 0.238 e. The highest BCUT2D eigenvalue weighted by atomic mass is 79.9. The number of benzene rings is 1. The monoisotopic (exact) mass is 339 g/mol. The number of nitrogens with zero attached hydrogens (tertiary/aromatic N) is 2. The van der Waals surface area contributed by atoms with Crippen molar-refractivity contribution in [3.05, 3.63) is 46.3 Å². The standard InChI is InChI=1S/C14H15BrFN3O/c1-2-5-17-9-12-3-4-14(19-18-12)20-13-7-10(15)6-11(16)8-13/h3-4,6-8,17H,2,5,9H2,1H3. The van der Waals surface area contributed by atoms with E-state index in [0.29, 0.717) is 22.6 Å². The number of hydrogen-bond donors (Lipinski definition) is 1. The van der Waals surface area contributed by atoms with Crippen LogP contribution in [0.15, 0.2) is 34.8 Å². The van der Waals surface area contributed by atoms with Gasteiger partial charge in [0.2, 0.25) is 5.88 Å². The van der Waals surface area contributed by atoms with Gasteiger partial charge in [-0.05, 0) is 31.2 Å². The topological polar surface area (TPSA) is 47.0 Å². The molecule has 0 fully saturated rings. The molecule has 1 heterocycles. The lowest BCUT2D eigenvalue weighted by Crippen LogP contribution is -2.15. The summed E-state index contributed by atoms with van der Waals surface area (Å²) in [4.78, 5) is 0. The lowest BCUT2D eigenvalue weighted by molar-refractivity contribution is 0.448. The SMILES string of the molecule is CCCNCc1ccc(Oc2cc(F)cc(Br)c2)nn1. The molecule has 4 nitrogen and oxygen atoms in total. The lowest BCUT2D eigenvalue weighted by atomic mass is 10.3. The average molecular weight is 340 g/mol. The Morgan fingerprint density at radius 3 is 2.75 bits per heavy atom. The normalized spacial score (nSPS) is 10.6. The smallest absolute Gasteiger partial charge is 0.238 e. The summed E-state index contributed by atoms with van der Waals surface area (Å²) in [5.74, 6) is 0.340. The first-order chi connectivity index (χ1) is 9.67. The average Bonchev–Trinajstić information content (AvgIpc) is 2.40. The summed E-state index contributed by atoms with van der Waals surface area (Å²) >= 11 is 3.21. The molecule has 0 saturated carbocycles. The zero-order valence-electron chi connectivity index (χ0n) is 11.1. The molecule has 1 N–H and O–H groups in total. The fourth-order valence-corrected chi connectivity index (χ4v) is 2.04. The van der Waals surface area contributed by atoms with E-state index in [4.69, 9.17) is 4.74 Å². The third-order valence-corrected chi connectivity index (χ3v) is 2.94. The van der Waals surface area contributed by atoms with Crippen molar-refractivity contribution in [2.75, 3.05) is 6.54 Å². The van der Waals surface area contributed by atoms with Crippen molar-refractivity contribution in [2.45, 2.75) is 19.9 Å². The predicted molar refractivity (Wildman–Crippen MR) is 78.2 cm³/mol. The number of ether oxygens (including phenoxy) is 1. The Morgan fingerprint density at radius 1 is 1.25 bits per heavy atom. The van der Waals surface area contributed by atoms with Crippen molar-refractivity contribution >= 4 is 15.9 Å². The fraction of sp³-hybridized carbons (Fsp3) is 0.286. The molecular weight excluding hydrogens is 325 g/mol. The van der Waals surface area contributed by atoms with E-state index in [0.717, 1.165) is 18.7 Å². The van der Waals surface area contributed by atoms with Crippen LogP contribution in [0, 0.1) is 5.82 Å². The highest BCUT2D eigenvalue weighted by molar-refractivity contribution is 9.10. The second kappa shape index (κ2) is 7.31. The molecule has 0 amide bonds. The van der Waals surface area contributed by atoms with Crippen molar-refractivity contribution in [3.63, 3.8) is 0 Å². The molecule has 2 aromatic rings. The van der Waals surface area contributed by atoms with Crippen molar-refractivity contribution < 1.29 is 9.13 Å². The van der Waals surface area contributed by atoms with Crippen LogP contribution in [0.4, 0.5) is 4.39 Å². The van der Waals surface area contributed by atoms with Crippen LogP contribution in [0.5, 0.6) is 11.6 Å². The van der Waals surface area contributed by atoms with Crippen molar-refractivity contribution in [1.29, 1.82) is 0 Å². The van der Waals surface area contributed by atoms with Gasteiger partial charge in [-0.15, -0.1) is 5.10 Å². The molecule has 0 radical (unpaired) electrons. The van der Waals surface area contributed by atoms with Crippen LogP contribution in [0.1, 0.15) is 19.0 Å². The van der Waals surface area contributed by atoms with E-state index >= 15 is 0 Å². The Kier molecular flexibility index (Phi) is 5.43. The second-order valence-corrected chi connectivity index (χ2v) is 5.16. The molecule has 2 rings (SSSR count). The molecule has 0 spiro atoms. The maximum atomic E-state index is 13.2. The van der Waals surface area contributed by atoms with Gasteiger partial charge in [0.05, 0.1) is 5.69 Å². The molecule has 0 unspecified atom stereocenters. The summed E-state index contributed by atoms with van der Waals surface area (Å²) in [6.45, 7) is 3.72. The van der Waals surface area contributed by atoms with Gasteiger partial charge in [-0.3, -0.25) is 0 Å². The minimum atomic E-state index is -0.372. The summed E-state index contributed by atoms with van der Waals surface area (Å²) in [5, 5.41) is 11.2.